The zero-order valence-corrected chi connectivity index (χ0v) is 17.6. The number of hydrogen-bond acceptors (Lipinski definition) is 8. The Labute approximate surface area is 180 Å². The van der Waals surface area contributed by atoms with Crippen molar-refractivity contribution in [2.75, 3.05) is 17.2 Å². The van der Waals surface area contributed by atoms with E-state index in [-0.39, 0.29) is 17.5 Å². The topological polar surface area (TPSA) is 129 Å². The van der Waals surface area contributed by atoms with E-state index in [0.29, 0.717) is 4.47 Å². The molecule has 3 aromatic heterocycles. The van der Waals surface area contributed by atoms with Gasteiger partial charge in [0.15, 0.2) is 34.9 Å². The standard InChI is InChI=1S/C6H7FN2.C5H4BrFN2.C5H5FN2.BHNS/c1-4-2-5(7)6(8)9-3-4;6-3-1-4(7)5(8)9-2-3;6-4-2-1-3-8-5(4)7;1-2-3/h2-3H,1H3,(H2,8,9);1-2H,(H2,8,9);1-3H,(H2,7,8);3H. The molecule has 0 spiro atoms. The van der Waals surface area contributed by atoms with Crippen molar-refractivity contribution in [3.8, 4) is 0 Å². The van der Waals surface area contributed by atoms with Crippen LogP contribution in [0.4, 0.5) is 30.6 Å². The predicted octanol–water partition coefficient (Wildman–Crippen LogP) is 3.66. The Hall–Kier alpha value is -2.67. The van der Waals surface area contributed by atoms with Crippen LogP contribution in [0.2, 0.25) is 0 Å². The zero-order valence-electron chi connectivity index (χ0n) is 15.1. The van der Waals surface area contributed by atoms with E-state index in [1.807, 2.05) is 0 Å². The zero-order chi connectivity index (χ0) is 22.4. The van der Waals surface area contributed by atoms with Gasteiger partial charge in [-0.1, -0.05) is 0 Å². The van der Waals surface area contributed by atoms with Crippen molar-refractivity contribution in [2.45, 2.75) is 6.92 Å². The maximum atomic E-state index is 12.4. The van der Waals surface area contributed by atoms with E-state index < -0.39 is 17.5 Å². The molecule has 29 heavy (non-hydrogen) atoms. The van der Waals surface area contributed by atoms with E-state index in [1.165, 1.54) is 42.9 Å². The molecule has 13 heteroatoms. The van der Waals surface area contributed by atoms with Crippen LogP contribution in [-0.4, -0.2) is 22.6 Å². The van der Waals surface area contributed by atoms with Crippen molar-refractivity contribution in [2.24, 2.45) is 4.30 Å². The van der Waals surface area contributed by atoms with Crippen LogP contribution in [0.1, 0.15) is 5.56 Å². The van der Waals surface area contributed by atoms with Crippen LogP contribution in [0, 0.1) is 24.4 Å². The van der Waals surface area contributed by atoms with E-state index in [0.717, 1.165) is 5.56 Å². The summed E-state index contributed by atoms with van der Waals surface area (Å²) in [6, 6.07) is 5.37. The Morgan fingerprint density at radius 3 is 1.76 bits per heavy atom. The first-order chi connectivity index (χ1) is 13.6. The second kappa shape index (κ2) is 14.3. The fourth-order valence-electron chi connectivity index (χ4n) is 1.37. The molecule has 0 atom stereocenters. The normalized spacial score (nSPS) is 8.86. The molecule has 1 radical (unpaired) electrons. The van der Waals surface area contributed by atoms with Crippen LogP contribution < -0.4 is 17.2 Å². The SMILES string of the molecule is Cc1cnc(N)c(F)c1.Nc1ncc(Br)cc1F.Nc1ncccc1F.[B]=NS. The van der Waals surface area contributed by atoms with E-state index >= 15 is 0 Å². The molecule has 0 bridgehead atoms. The van der Waals surface area contributed by atoms with Gasteiger partial charge in [0.05, 0.1) is 0 Å². The number of aromatic nitrogens is 3. The number of hydrogen-bond donors (Lipinski definition) is 4. The summed E-state index contributed by atoms with van der Waals surface area (Å²) in [4.78, 5) is 10.6. The summed E-state index contributed by atoms with van der Waals surface area (Å²) in [6.07, 6.45) is 4.41. The summed E-state index contributed by atoms with van der Waals surface area (Å²) in [5.41, 5.74) is 16.0. The Kier molecular flexibility index (Phi) is 13.0. The van der Waals surface area contributed by atoms with E-state index in [1.54, 1.807) is 6.92 Å². The van der Waals surface area contributed by atoms with Crippen molar-refractivity contribution in [3.63, 3.8) is 0 Å². The maximum absolute atomic E-state index is 12.4. The quantitative estimate of drug-likeness (QED) is 0.283. The number of nitrogen functional groups attached to an aromatic ring is 3. The van der Waals surface area contributed by atoms with Crippen molar-refractivity contribution >= 4 is 53.8 Å². The molecular formula is C16H17BBrF3N7S. The first-order valence-electron chi connectivity index (χ1n) is 7.46. The molecule has 7 nitrogen and oxygen atoms in total. The second-order valence-electron chi connectivity index (χ2n) is 4.89. The molecule has 3 heterocycles. The number of halogens is 4. The minimum absolute atomic E-state index is 0.0411. The minimum atomic E-state index is -0.496. The van der Waals surface area contributed by atoms with Gasteiger partial charge in [0.2, 0.25) is 0 Å². The van der Waals surface area contributed by atoms with Crippen LogP contribution in [0.25, 0.3) is 0 Å². The average Bonchev–Trinajstić information content (AvgIpc) is 2.66. The predicted molar refractivity (Wildman–Crippen MR) is 115 cm³/mol. The number of rotatable bonds is 0. The average molecular weight is 487 g/mol. The molecule has 0 fully saturated rings. The number of anilines is 3. The summed E-state index contributed by atoms with van der Waals surface area (Å²) < 4.78 is 40.2. The number of pyridine rings is 3. The third-order valence-electron chi connectivity index (χ3n) is 2.63. The van der Waals surface area contributed by atoms with E-state index in [2.05, 4.69) is 55.6 Å². The molecule has 153 valence electrons. The molecule has 3 aromatic rings. The molecule has 6 N–H and O–H groups in total. The van der Waals surface area contributed by atoms with E-state index in [4.69, 9.17) is 17.2 Å². The molecule has 0 aliphatic carbocycles. The van der Waals surface area contributed by atoms with Gasteiger partial charge < -0.3 is 17.2 Å². The van der Waals surface area contributed by atoms with Gasteiger partial charge in [-0.15, -0.1) is 0 Å². The molecule has 3 rings (SSSR count). The summed E-state index contributed by atoms with van der Waals surface area (Å²) >= 11 is 6.23. The second-order valence-corrected chi connectivity index (χ2v) is 6.03. The van der Waals surface area contributed by atoms with Crippen molar-refractivity contribution in [1.29, 1.82) is 0 Å². The van der Waals surface area contributed by atoms with Crippen molar-refractivity contribution in [1.82, 2.24) is 15.0 Å². The molecule has 0 saturated carbocycles. The number of aryl methyl sites for hydroxylation is 1. The van der Waals surface area contributed by atoms with Gasteiger partial charge in [0.25, 0.3) is 0 Å². The number of nitrogens with two attached hydrogens (primary N) is 3. The van der Waals surface area contributed by atoms with Crippen LogP contribution in [-0.2, 0) is 0 Å². The molecule has 0 amide bonds. The van der Waals surface area contributed by atoms with Crippen LogP contribution in [0.5, 0.6) is 0 Å². The molecule has 0 aromatic carbocycles. The summed E-state index contributed by atoms with van der Waals surface area (Å²) in [5, 5.41) is 0. The molecular weight excluding hydrogens is 470 g/mol. The van der Waals surface area contributed by atoms with Gasteiger partial charge in [-0.05, 0) is 52.7 Å². The fraction of sp³-hybridized carbons (Fsp3) is 0.0625. The van der Waals surface area contributed by atoms with Gasteiger partial charge in [0.1, 0.15) is 0 Å². The number of thiol groups is 1. The third kappa shape index (κ3) is 11.7. The molecule has 0 aliphatic heterocycles. The van der Waals surface area contributed by atoms with E-state index in [9.17, 15) is 13.2 Å². The summed E-state index contributed by atoms with van der Waals surface area (Å²) in [6.45, 7) is 1.76. The molecule has 0 aliphatic rings. The van der Waals surface area contributed by atoms with Crippen LogP contribution >= 0.6 is 28.7 Å². The monoisotopic (exact) mass is 486 g/mol. The van der Waals surface area contributed by atoms with Crippen molar-refractivity contribution < 1.29 is 13.2 Å². The summed E-state index contributed by atoms with van der Waals surface area (Å²) in [7, 11) is 4.34. The number of nitrogens with zero attached hydrogens (tertiary/aromatic N) is 4. The van der Waals surface area contributed by atoms with Crippen molar-refractivity contribution in [3.05, 3.63) is 70.3 Å². The Morgan fingerprint density at radius 2 is 1.41 bits per heavy atom. The first kappa shape index (κ1) is 26.3. The Morgan fingerprint density at radius 1 is 0.931 bits per heavy atom. The van der Waals surface area contributed by atoms with Crippen LogP contribution in [0.15, 0.2) is 51.6 Å². The Balaban J connectivity index is 0.000000380. The van der Waals surface area contributed by atoms with Gasteiger partial charge in [0, 0.05) is 23.1 Å². The fourth-order valence-corrected chi connectivity index (χ4v) is 1.67. The van der Waals surface area contributed by atoms with Crippen LogP contribution in [0.3, 0.4) is 0 Å². The first-order valence-corrected chi connectivity index (χ1v) is 8.66. The third-order valence-corrected chi connectivity index (χ3v) is 3.06. The summed E-state index contributed by atoms with van der Waals surface area (Å²) in [5.74, 6) is -1.57. The molecule has 0 unspecified atom stereocenters. The van der Waals surface area contributed by atoms with Gasteiger partial charge in [-0.3, -0.25) is 0 Å². The Bertz CT molecular complexity index is 851. The van der Waals surface area contributed by atoms with Gasteiger partial charge in [-0.25, -0.2) is 28.1 Å². The van der Waals surface area contributed by atoms with Gasteiger partial charge >= 0.3 is 24.8 Å². The molecule has 0 saturated heterocycles. The van der Waals surface area contributed by atoms with Gasteiger partial charge in [-0.2, -0.15) is 0 Å².